The molecule has 1 aliphatic heterocycles. The molecule has 1 aromatic heterocycles. The Hall–Kier alpha value is -4.61. The lowest BCUT2D eigenvalue weighted by atomic mass is 9.70. The van der Waals surface area contributed by atoms with Crippen LogP contribution in [0.15, 0.2) is 71.9 Å². The van der Waals surface area contributed by atoms with Crippen LogP contribution in [0.1, 0.15) is 122 Å². The van der Waals surface area contributed by atoms with E-state index < -0.39 is 11.7 Å². The minimum absolute atomic E-state index is 0.130. The average Bonchev–Trinajstić information content (AvgIpc) is 3.17. The quantitative estimate of drug-likeness (QED) is 0.136. The summed E-state index contributed by atoms with van der Waals surface area (Å²) in [5.74, 6) is 2.52. The molecule has 0 spiro atoms. The highest BCUT2D eigenvalue weighted by atomic mass is 19.4. The highest BCUT2D eigenvalue weighted by molar-refractivity contribution is 6.05. The van der Waals surface area contributed by atoms with Crippen LogP contribution in [-0.4, -0.2) is 59.6 Å². The van der Waals surface area contributed by atoms with E-state index in [1.807, 2.05) is 43.1 Å². The number of halogens is 3. The number of carbonyl (C=O) groups is 2. The molecular formula is C44H65F3N6O3. The number of pyridine rings is 1. The molecule has 1 aromatic carbocycles. The van der Waals surface area contributed by atoms with Crippen LogP contribution < -0.4 is 15.8 Å². The Balaban J connectivity index is 0.000000764. The molecule has 2 aromatic rings. The standard InChI is InChI=1S/C37H58N4O3.C7H7F3N2/c1-11-28(8)34(32-16-15-31(25-42)23-33(32)44-14-4)35-36(38)39-20-22-41(35)29(9)37(12-2,24-26(5)6)19-17-27(7)18-21-40(13-3)30(10)43;1-11-6-4-5(2-3-12-6)7(8,9)10/h15-16,20,22-23,25-28H,9,11-14,17-19,21,24H2,1-8,10H3,(H2,38,39);2-4H,1H3,(H,11,12)/b35-34+;. The summed E-state index contributed by atoms with van der Waals surface area (Å²) in [7, 11) is 1.52. The number of carbonyl (C=O) groups excluding carboxylic acids is 2. The Bertz CT molecular complexity index is 1700. The molecule has 0 saturated carbocycles. The SMILES string of the molecule is C=C(N1C=CN=C(N)/C1=C(\c1ccc(C=O)cc1OCC)C(C)CC)C(CC)(CCC(C)CCN(CC)C(C)=O)CC(C)C.CNc1cc(C(F)(F)F)ccn1. The van der Waals surface area contributed by atoms with E-state index in [-0.39, 0.29) is 23.1 Å². The maximum Gasteiger partial charge on any atom is 0.416 e. The van der Waals surface area contributed by atoms with Crippen molar-refractivity contribution in [2.45, 2.75) is 107 Å². The monoisotopic (exact) mass is 783 g/mol. The summed E-state index contributed by atoms with van der Waals surface area (Å²) >= 11 is 0. The summed E-state index contributed by atoms with van der Waals surface area (Å²) in [4.78, 5) is 35.9. The predicted octanol–water partition coefficient (Wildman–Crippen LogP) is 10.6. The molecule has 3 N–H and O–H groups in total. The Morgan fingerprint density at radius 2 is 1.79 bits per heavy atom. The molecule has 310 valence electrons. The minimum atomic E-state index is -4.30. The number of ether oxygens (including phenoxy) is 1. The molecule has 0 fully saturated rings. The zero-order valence-corrected chi connectivity index (χ0v) is 35.2. The van der Waals surface area contributed by atoms with Gasteiger partial charge in [0.25, 0.3) is 0 Å². The van der Waals surface area contributed by atoms with Crippen LogP contribution in [0.5, 0.6) is 5.75 Å². The largest absolute Gasteiger partial charge is 0.493 e. The molecule has 0 bridgehead atoms. The van der Waals surface area contributed by atoms with Crippen molar-refractivity contribution in [3.63, 3.8) is 0 Å². The number of amidine groups is 1. The van der Waals surface area contributed by atoms with E-state index in [9.17, 15) is 22.8 Å². The van der Waals surface area contributed by atoms with E-state index in [0.29, 0.717) is 35.6 Å². The van der Waals surface area contributed by atoms with Gasteiger partial charge in [-0.25, -0.2) is 9.98 Å². The van der Waals surface area contributed by atoms with E-state index in [4.69, 9.17) is 17.0 Å². The molecule has 12 heteroatoms. The molecule has 3 rings (SSSR count). The molecule has 56 heavy (non-hydrogen) atoms. The number of nitrogens with two attached hydrogens (primary N) is 1. The number of hydrogen-bond donors (Lipinski definition) is 2. The van der Waals surface area contributed by atoms with Gasteiger partial charge in [0, 0.05) is 67.9 Å². The second-order valence-electron chi connectivity index (χ2n) is 14.9. The number of anilines is 1. The van der Waals surface area contributed by atoms with Crippen LogP contribution in [0.2, 0.25) is 0 Å². The predicted molar refractivity (Wildman–Crippen MR) is 223 cm³/mol. The van der Waals surface area contributed by atoms with Crippen LogP contribution in [0, 0.1) is 23.2 Å². The van der Waals surface area contributed by atoms with E-state index in [0.717, 1.165) is 98.8 Å². The molecule has 0 radical (unpaired) electrons. The van der Waals surface area contributed by atoms with Crippen molar-refractivity contribution >= 4 is 29.4 Å². The first-order valence-corrected chi connectivity index (χ1v) is 19.8. The van der Waals surface area contributed by atoms with Crippen molar-refractivity contribution in [2.24, 2.45) is 33.9 Å². The van der Waals surface area contributed by atoms with Gasteiger partial charge in [-0.1, -0.05) is 60.3 Å². The van der Waals surface area contributed by atoms with Gasteiger partial charge in [-0.15, -0.1) is 0 Å². The van der Waals surface area contributed by atoms with Crippen molar-refractivity contribution in [1.29, 1.82) is 0 Å². The number of alkyl halides is 3. The fourth-order valence-electron chi connectivity index (χ4n) is 7.12. The first-order valence-electron chi connectivity index (χ1n) is 19.8. The maximum absolute atomic E-state index is 12.0. The first kappa shape index (κ1) is 47.5. The molecule has 2 heterocycles. The van der Waals surface area contributed by atoms with Crippen molar-refractivity contribution in [3.8, 4) is 5.75 Å². The number of nitrogens with zero attached hydrogens (tertiary/aromatic N) is 4. The molecule has 0 aliphatic carbocycles. The van der Waals surface area contributed by atoms with Gasteiger partial charge in [-0.2, -0.15) is 13.2 Å². The molecule has 1 amide bonds. The van der Waals surface area contributed by atoms with E-state index in [1.165, 1.54) is 7.05 Å². The van der Waals surface area contributed by atoms with Gasteiger partial charge < -0.3 is 25.6 Å². The third kappa shape index (κ3) is 13.0. The lowest BCUT2D eigenvalue weighted by Gasteiger charge is -2.44. The molecule has 3 atom stereocenters. The van der Waals surface area contributed by atoms with Gasteiger partial charge in [0.2, 0.25) is 5.91 Å². The van der Waals surface area contributed by atoms with E-state index >= 15 is 0 Å². The maximum atomic E-state index is 12.0. The number of nitrogens with one attached hydrogen (secondary N) is 1. The summed E-state index contributed by atoms with van der Waals surface area (Å²) in [6.07, 6.45) is 7.24. The number of rotatable bonds is 19. The lowest BCUT2D eigenvalue weighted by molar-refractivity contribution is -0.137. The number of aldehydes is 1. The Labute approximate surface area is 333 Å². The van der Waals surface area contributed by atoms with Crippen LogP contribution in [0.25, 0.3) is 5.57 Å². The third-order valence-electron chi connectivity index (χ3n) is 10.6. The van der Waals surface area contributed by atoms with Gasteiger partial charge in [0.15, 0.2) is 0 Å². The third-order valence-corrected chi connectivity index (χ3v) is 10.6. The zero-order chi connectivity index (χ0) is 42.2. The van der Waals surface area contributed by atoms with Crippen LogP contribution in [-0.2, 0) is 11.0 Å². The van der Waals surface area contributed by atoms with Gasteiger partial charge in [-0.3, -0.25) is 9.59 Å². The van der Waals surface area contributed by atoms with Gasteiger partial charge in [0.1, 0.15) is 23.7 Å². The van der Waals surface area contributed by atoms with E-state index in [1.54, 1.807) is 13.1 Å². The van der Waals surface area contributed by atoms with Crippen LogP contribution in [0.4, 0.5) is 19.0 Å². The Morgan fingerprint density at radius 1 is 1.09 bits per heavy atom. The first-order chi connectivity index (χ1) is 26.4. The number of amides is 1. The zero-order valence-electron chi connectivity index (χ0n) is 35.2. The summed E-state index contributed by atoms with van der Waals surface area (Å²) in [5, 5.41) is 2.53. The fraction of sp³-hybridized carbons (Fsp3) is 0.545. The number of benzene rings is 1. The molecule has 1 aliphatic rings. The van der Waals surface area contributed by atoms with Gasteiger partial charge in [0.05, 0.1) is 17.9 Å². The molecular weight excluding hydrogens is 718 g/mol. The highest BCUT2D eigenvalue weighted by Crippen LogP contribution is 2.47. The summed E-state index contributed by atoms with van der Waals surface area (Å²) in [5.41, 5.74) is 10.3. The van der Waals surface area contributed by atoms with Crippen molar-refractivity contribution in [1.82, 2.24) is 14.8 Å². The number of allylic oxidation sites excluding steroid dienone is 2. The number of aromatic nitrogens is 1. The van der Waals surface area contributed by atoms with Crippen molar-refractivity contribution < 1.29 is 27.5 Å². The second-order valence-corrected chi connectivity index (χ2v) is 14.9. The molecule has 3 unspecified atom stereocenters. The highest BCUT2D eigenvalue weighted by Gasteiger charge is 2.38. The molecule has 9 nitrogen and oxygen atoms in total. The summed E-state index contributed by atoms with van der Waals surface area (Å²) < 4.78 is 42.2. The number of aliphatic imine (C=N–C) groups is 1. The Morgan fingerprint density at radius 3 is 2.32 bits per heavy atom. The summed E-state index contributed by atoms with van der Waals surface area (Å²) in [6.45, 7) is 25.9. The minimum Gasteiger partial charge on any atom is -0.493 e. The molecule has 0 saturated heterocycles. The lowest BCUT2D eigenvalue weighted by Crippen LogP contribution is -2.38. The van der Waals surface area contributed by atoms with Crippen LogP contribution in [0.3, 0.4) is 0 Å². The average molecular weight is 783 g/mol. The van der Waals surface area contributed by atoms with Crippen molar-refractivity contribution in [3.05, 3.63) is 83.6 Å². The van der Waals surface area contributed by atoms with Gasteiger partial charge in [-0.05, 0) is 93.9 Å². The second kappa shape index (κ2) is 22.2. The Kier molecular flexibility index (Phi) is 18.9. The van der Waals surface area contributed by atoms with Crippen LogP contribution >= 0.6 is 0 Å². The normalized spacial score (nSPS) is 15.8. The number of hydrogen-bond acceptors (Lipinski definition) is 8. The van der Waals surface area contributed by atoms with E-state index in [2.05, 4.69) is 61.7 Å². The summed E-state index contributed by atoms with van der Waals surface area (Å²) in [6, 6.07) is 7.50. The van der Waals surface area contributed by atoms with Crippen molar-refractivity contribution in [2.75, 3.05) is 32.1 Å². The fourth-order valence-corrected chi connectivity index (χ4v) is 7.12. The van der Waals surface area contributed by atoms with Gasteiger partial charge >= 0.3 is 6.18 Å². The topological polar surface area (TPSA) is 113 Å². The smallest absolute Gasteiger partial charge is 0.416 e.